The van der Waals surface area contributed by atoms with Crippen molar-refractivity contribution in [3.63, 3.8) is 0 Å². The number of nitrogens with two attached hydrogens (primary N) is 1. The molecule has 0 aromatic heterocycles. The molecule has 5 nitrogen and oxygen atoms in total. The highest BCUT2D eigenvalue weighted by Crippen LogP contribution is 2.20. The van der Waals surface area contributed by atoms with Gasteiger partial charge >= 0.3 is 0 Å². The van der Waals surface area contributed by atoms with Crippen LogP contribution in [0.5, 0.6) is 5.75 Å². The maximum absolute atomic E-state index is 11.8. The number of carbonyl (C=O) groups excluding carboxylic acids is 2. The lowest BCUT2D eigenvalue weighted by Crippen LogP contribution is -2.20. The fraction of sp³-hybridized carbons (Fsp3) is 0.0667. The van der Waals surface area contributed by atoms with Gasteiger partial charge in [0.15, 0.2) is 6.61 Å². The van der Waals surface area contributed by atoms with Crippen LogP contribution in [0.25, 0.3) is 0 Å². The molecule has 7 heteroatoms. The third-order valence-corrected chi connectivity index (χ3v) is 3.50. The molecule has 0 fully saturated rings. The lowest BCUT2D eigenvalue weighted by Gasteiger charge is -2.09. The van der Waals surface area contributed by atoms with E-state index in [-0.39, 0.29) is 23.1 Å². The minimum absolute atomic E-state index is 0.146. The smallest absolute Gasteiger partial charge is 0.262 e. The van der Waals surface area contributed by atoms with Gasteiger partial charge in [-0.3, -0.25) is 9.59 Å². The van der Waals surface area contributed by atoms with Gasteiger partial charge in [0, 0.05) is 10.2 Å². The molecule has 2 aromatic carbocycles. The van der Waals surface area contributed by atoms with Crippen molar-refractivity contribution in [2.75, 3.05) is 11.9 Å². The van der Waals surface area contributed by atoms with Gasteiger partial charge in [0.25, 0.3) is 5.91 Å². The van der Waals surface area contributed by atoms with Gasteiger partial charge in [-0.1, -0.05) is 33.6 Å². The number of hydrogen-bond donors (Lipinski definition) is 2. The molecular weight excluding hydrogens is 372 g/mol. The van der Waals surface area contributed by atoms with E-state index in [1.165, 1.54) is 12.1 Å². The van der Waals surface area contributed by atoms with Crippen molar-refractivity contribution in [3.05, 3.63) is 57.5 Å². The number of benzene rings is 2. The quantitative estimate of drug-likeness (QED) is 0.832. The summed E-state index contributed by atoms with van der Waals surface area (Å²) in [6.07, 6.45) is 0. The monoisotopic (exact) mass is 382 g/mol. The van der Waals surface area contributed by atoms with Crippen LogP contribution < -0.4 is 15.8 Å². The molecule has 0 aliphatic carbocycles. The lowest BCUT2D eigenvalue weighted by atomic mass is 10.2. The number of hydrogen-bond acceptors (Lipinski definition) is 3. The highest BCUT2D eigenvalue weighted by atomic mass is 79.9. The van der Waals surface area contributed by atoms with Crippen molar-refractivity contribution in [2.45, 2.75) is 0 Å². The zero-order chi connectivity index (χ0) is 16.1. The molecule has 0 heterocycles. The normalized spacial score (nSPS) is 10.1. The van der Waals surface area contributed by atoms with Gasteiger partial charge in [-0.15, -0.1) is 0 Å². The Balaban J connectivity index is 1.97. The fourth-order valence-corrected chi connectivity index (χ4v) is 2.28. The molecule has 0 unspecified atom stereocenters. The Kier molecular flexibility index (Phi) is 5.41. The maximum atomic E-state index is 11.8. The summed E-state index contributed by atoms with van der Waals surface area (Å²) in [7, 11) is 0. The Morgan fingerprint density at radius 1 is 1.23 bits per heavy atom. The van der Waals surface area contributed by atoms with Gasteiger partial charge in [0.05, 0.1) is 10.6 Å². The molecule has 2 rings (SSSR count). The number of primary amides is 1. The van der Waals surface area contributed by atoms with Gasteiger partial charge in [-0.25, -0.2) is 0 Å². The Labute approximate surface area is 140 Å². The number of carbonyl (C=O) groups is 2. The third kappa shape index (κ3) is 4.47. The lowest BCUT2D eigenvalue weighted by molar-refractivity contribution is -0.118. The molecule has 114 valence electrons. The zero-order valence-electron chi connectivity index (χ0n) is 11.3. The van der Waals surface area contributed by atoms with Crippen LogP contribution >= 0.6 is 27.5 Å². The van der Waals surface area contributed by atoms with Crippen LogP contribution in [-0.2, 0) is 4.79 Å². The Hall–Kier alpha value is -2.05. The molecule has 22 heavy (non-hydrogen) atoms. The predicted octanol–water partition coefficient (Wildman–Crippen LogP) is 3.22. The molecule has 2 amide bonds. The number of rotatable bonds is 5. The van der Waals surface area contributed by atoms with Crippen LogP contribution in [-0.4, -0.2) is 18.4 Å². The highest BCUT2D eigenvalue weighted by Gasteiger charge is 2.10. The van der Waals surface area contributed by atoms with Crippen LogP contribution in [0.4, 0.5) is 5.69 Å². The van der Waals surface area contributed by atoms with E-state index in [0.717, 1.165) is 4.47 Å². The van der Waals surface area contributed by atoms with Gasteiger partial charge in [-0.05, 0) is 36.4 Å². The van der Waals surface area contributed by atoms with Crippen molar-refractivity contribution in [1.29, 1.82) is 0 Å². The summed E-state index contributed by atoms with van der Waals surface area (Å²) in [5.41, 5.74) is 5.76. The summed E-state index contributed by atoms with van der Waals surface area (Å²) in [5.74, 6) is -0.456. The molecule has 0 aliphatic rings. The molecular formula is C15H12BrClN2O3. The average molecular weight is 384 g/mol. The van der Waals surface area contributed by atoms with Crippen molar-refractivity contribution >= 4 is 45.0 Å². The summed E-state index contributed by atoms with van der Waals surface area (Å²) >= 11 is 9.16. The van der Waals surface area contributed by atoms with Crippen molar-refractivity contribution in [3.8, 4) is 5.75 Å². The first kappa shape index (κ1) is 16.3. The minimum atomic E-state index is -0.661. The molecule has 0 saturated heterocycles. The number of nitrogens with one attached hydrogen (secondary N) is 1. The number of amides is 2. The Morgan fingerprint density at radius 2 is 2.00 bits per heavy atom. The summed E-state index contributed by atoms with van der Waals surface area (Å²) in [6, 6.07) is 11.6. The summed E-state index contributed by atoms with van der Waals surface area (Å²) < 4.78 is 6.22. The standard InChI is InChI=1S/C15H12BrClN2O3/c16-9-2-1-3-11(6-9)22-8-14(20)19-10-4-5-13(17)12(7-10)15(18)21/h1-7H,8H2,(H2,18,21)(H,19,20). The first-order valence-electron chi connectivity index (χ1n) is 6.23. The van der Waals surface area contributed by atoms with E-state index >= 15 is 0 Å². The summed E-state index contributed by atoms with van der Waals surface area (Å²) in [5, 5.41) is 2.84. The molecule has 3 N–H and O–H groups in total. The molecule has 0 atom stereocenters. The average Bonchev–Trinajstić information content (AvgIpc) is 2.47. The number of halogens is 2. The maximum Gasteiger partial charge on any atom is 0.262 e. The predicted molar refractivity (Wildman–Crippen MR) is 88.2 cm³/mol. The second-order valence-corrected chi connectivity index (χ2v) is 5.68. The molecule has 0 bridgehead atoms. The van der Waals surface area contributed by atoms with E-state index in [1.807, 2.05) is 6.07 Å². The van der Waals surface area contributed by atoms with Gasteiger partial charge in [0.1, 0.15) is 5.75 Å². The van der Waals surface area contributed by atoms with E-state index in [4.69, 9.17) is 22.1 Å². The number of ether oxygens (including phenoxy) is 1. The molecule has 0 saturated carbocycles. The third-order valence-electron chi connectivity index (χ3n) is 2.68. The largest absolute Gasteiger partial charge is 0.484 e. The van der Waals surface area contributed by atoms with E-state index < -0.39 is 5.91 Å². The Bertz CT molecular complexity index is 722. The van der Waals surface area contributed by atoms with Crippen LogP contribution in [0.1, 0.15) is 10.4 Å². The summed E-state index contributed by atoms with van der Waals surface area (Å²) in [4.78, 5) is 23.0. The van der Waals surface area contributed by atoms with Crippen LogP contribution in [0.2, 0.25) is 5.02 Å². The molecule has 2 aromatic rings. The van der Waals surface area contributed by atoms with E-state index in [0.29, 0.717) is 11.4 Å². The Morgan fingerprint density at radius 3 is 2.68 bits per heavy atom. The van der Waals surface area contributed by atoms with Gasteiger partial charge in [0.2, 0.25) is 5.91 Å². The van der Waals surface area contributed by atoms with Crippen molar-refractivity contribution in [2.24, 2.45) is 5.73 Å². The van der Waals surface area contributed by atoms with Crippen LogP contribution in [0.3, 0.4) is 0 Å². The van der Waals surface area contributed by atoms with Crippen molar-refractivity contribution < 1.29 is 14.3 Å². The first-order chi connectivity index (χ1) is 10.5. The highest BCUT2D eigenvalue weighted by molar-refractivity contribution is 9.10. The fourth-order valence-electron chi connectivity index (χ4n) is 1.69. The second kappa shape index (κ2) is 7.29. The molecule has 0 aliphatic heterocycles. The summed E-state index contributed by atoms with van der Waals surface area (Å²) in [6.45, 7) is -0.162. The van der Waals surface area contributed by atoms with Crippen LogP contribution in [0.15, 0.2) is 46.9 Å². The second-order valence-electron chi connectivity index (χ2n) is 4.35. The number of anilines is 1. The molecule has 0 spiro atoms. The first-order valence-corrected chi connectivity index (χ1v) is 7.40. The van der Waals surface area contributed by atoms with E-state index in [9.17, 15) is 9.59 Å². The zero-order valence-corrected chi connectivity index (χ0v) is 13.6. The van der Waals surface area contributed by atoms with Crippen LogP contribution in [0, 0.1) is 0 Å². The van der Waals surface area contributed by atoms with Gasteiger partial charge in [-0.2, -0.15) is 0 Å². The van der Waals surface area contributed by atoms with E-state index in [2.05, 4.69) is 21.2 Å². The SMILES string of the molecule is NC(=O)c1cc(NC(=O)COc2cccc(Br)c2)ccc1Cl. The van der Waals surface area contributed by atoms with Gasteiger partial charge < -0.3 is 15.8 Å². The minimum Gasteiger partial charge on any atom is -0.484 e. The molecule has 0 radical (unpaired) electrons. The topological polar surface area (TPSA) is 81.4 Å². The van der Waals surface area contributed by atoms with Crippen molar-refractivity contribution in [1.82, 2.24) is 0 Å². The van der Waals surface area contributed by atoms with E-state index in [1.54, 1.807) is 24.3 Å².